The molecule has 106 valence electrons. The number of rotatable bonds is 5. The fraction of sp³-hybridized carbons (Fsp3) is 0.467. The van der Waals surface area contributed by atoms with Gasteiger partial charge in [-0.25, -0.2) is 4.98 Å². The van der Waals surface area contributed by atoms with Gasteiger partial charge in [0.15, 0.2) is 0 Å². The number of hydrogen-bond acceptors (Lipinski definition) is 4. The lowest BCUT2D eigenvalue weighted by molar-refractivity contribution is 0.226. The SMILES string of the molecule is CC(Cn1cncc1-c1cnccc1N)N(C)C1CC1. The Bertz CT molecular complexity index is 587. The van der Waals surface area contributed by atoms with Gasteiger partial charge in [0.25, 0.3) is 0 Å². The van der Waals surface area contributed by atoms with Gasteiger partial charge in [0.05, 0.1) is 18.2 Å². The van der Waals surface area contributed by atoms with E-state index in [-0.39, 0.29) is 0 Å². The number of nitrogens with zero attached hydrogens (tertiary/aromatic N) is 4. The number of nitrogen functional groups attached to an aromatic ring is 1. The van der Waals surface area contributed by atoms with Crippen LogP contribution < -0.4 is 5.73 Å². The molecule has 1 saturated carbocycles. The molecule has 1 atom stereocenters. The summed E-state index contributed by atoms with van der Waals surface area (Å²) in [4.78, 5) is 10.9. The molecule has 2 aromatic heterocycles. The zero-order valence-electron chi connectivity index (χ0n) is 12.0. The lowest BCUT2D eigenvalue weighted by Gasteiger charge is -2.25. The van der Waals surface area contributed by atoms with E-state index in [1.165, 1.54) is 12.8 Å². The first-order chi connectivity index (χ1) is 9.66. The maximum atomic E-state index is 6.04. The maximum absolute atomic E-state index is 6.04. The number of hydrogen-bond donors (Lipinski definition) is 1. The highest BCUT2D eigenvalue weighted by atomic mass is 15.2. The molecule has 1 unspecified atom stereocenters. The monoisotopic (exact) mass is 271 g/mol. The van der Waals surface area contributed by atoms with E-state index in [9.17, 15) is 0 Å². The van der Waals surface area contributed by atoms with Gasteiger partial charge in [-0.3, -0.25) is 9.88 Å². The van der Waals surface area contributed by atoms with Gasteiger partial charge in [0, 0.05) is 42.3 Å². The van der Waals surface area contributed by atoms with Crippen molar-refractivity contribution in [3.8, 4) is 11.3 Å². The molecule has 2 N–H and O–H groups in total. The lowest BCUT2D eigenvalue weighted by atomic mass is 10.2. The molecule has 0 radical (unpaired) electrons. The fourth-order valence-corrected chi connectivity index (χ4v) is 2.56. The number of likely N-dealkylation sites (N-methyl/N-ethyl adjacent to an activating group) is 1. The Morgan fingerprint density at radius 2 is 2.20 bits per heavy atom. The Balaban J connectivity index is 1.81. The number of aromatic nitrogens is 3. The molecule has 2 heterocycles. The predicted octanol–water partition coefficient (Wildman–Crippen LogP) is 2.01. The summed E-state index contributed by atoms with van der Waals surface area (Å²) in [7, 11) is 2.21. The molecule has 0 saturated heterocycles. The zero-order chi connectivity index (χ0) is 14.1. The van der Waals surface area contributed by atoms with E-state index in [4.69, 9.17) is 5.73 Å². The smallest absolute Gasteiger partial charge is 0.0951 e. The Kier molecular flexibility index (Phi) is 3.44. The van der Waals surface area contributed by atoms with E-state index >= 15 is 0 Å². The second-order valence-electron chi connectivity index (χ2n) is 5.64. The summed E-state index contributed by atoms with van der Waals surface area (Å²) in [6, 6.07) is 3.07. The highest BCUT2D eigenvalue weighted by Crippen LogP contribution is 2.28. The van der Waals surface area contributed by atoms with Gasteiger partial charge in [0.2, 0.25) is 0 Å². The van der Waals surface area contributed by atoms with E-state index < -0.39 is 0 Å². The average Bonchev–Trinajstić information content (AvgIpc) is 3.20. The number of imidazole rings is 1. The first-order valence-corrected chi connectivity index (χ1v) is 7.08. The second-order valence-corrected chi connectivity index (χ2v) is 5.64. The molecule has 1 fully saturated rings. The van der Waals surface area contributed by atoms with Crippen molar-refractivity contribution in [2.24, 2.45) is 0 Å². The maximum Gasteiger partial charge on any atom is 0.0951 e. The second kappa shape index (κ2) is 5.25. The van der Waals surface area contributed by atoms with Gasteiger partial charge in [0.1, 0.15) is 0 Å². The first kappa shape index (κ1) is 13.1. The minimum absolute atomic E-state index is 0.480. The largest absolute Gasteiger partial charge is 0.398 e. The number of pyridine rings is 1. The van der Waals surface area contributed by atoms with E-state index in [2.05, 4.69) is 33.4 Å². The zero-order valence-corrected chi connectivity index (χ0v) is 12.0. The van der Waals surface area contributed by atoms with Crippen LogP contribution in [0.15, 0.2) is 31.0 Å². The Hall–Kier alpha value is -1.88. The van der Waals surface area contributed by atoms with Crippen molar-refractivity contribution in [2.75, 3.05) is 12.8 Å². The Morgan fingerprint density at radius 1 is 1.40 bits per heavy atom. The standard InChI is InChI=1S/C15H21N5/c1-11(19(2)12-3-4-12)9-20-10-18-8-15(20)13-7-17-6-5-14(13)16/h5-8,10-12H,3-4,9H2,1-2H3,(H2,16,17). The molecule has 5 heteroatoms. The quantitative estimate of drug-likeness (QED) is 0.903. The van der Waals surface area contributed by atoms with Crippen molar-refractivity contribution in [1.82, 2.24) is 19.4 Å². The molecule has 1 aliphatic carbocycles. The van der Waals surface area contributed by atoms with Crippen LogP contribution in [0.5, 0.6) is 0 Å². The van der Waals surface area contributed by atoms with Crippen LogP contribution in [0, 0.1) is 0 Å². The van der Waals surface area contributed by atoms with Crippen molar-refractivity contribution in [2.45, 2.75) is 38.4 Å². The van der Waals surface area contributed by atoms with Gasteiger partial charge >= 0.3 is 0 Å². The van der Waals surface area contributed by atoms with Crippen molar-refractivity contribution >= 4 is 5.69 Å². The molecule has 0 bridgehead atoms. The van der Waals surface area contributed by atoms with Crippen LogP contribution in [-0.2, 0) is 6.54 Å². The predicted molar refractivity (Wildman–Crippen MR) is 80.1 cm³/mol. The third-order valence-electron chi connectivity index (χ3n) is 4.12. The van der Waals surface area contributed by atoms with E-state index in [1.807, 2.05) is 18.6 Å². The van der Waals surface area contributed by atoms with E-state index in [0.29, 0.717) is 6.04 Å². The molecule has 2 aromatic rings. The summed E-state index contributed by atoms with van der Waals surface area (Å²) in [5, 5.41) is 0. The molecule has 0 aromatic carbocycles. The third kappa shape index (κ3) is 2.54. The van der Waals surface area contributed by atoms with Crippen LogP contribution in [0.1, 0.15) is 19.8 Å². The fourth-order valence-electron chi connectivity index (χ4n) is 2.56. The van der Waals surface area contributed by atoms with Crippen LogP contribution in [0.2, 0.25) is 0 Å². The molecule has 20 heavy (non-hydrogen) atoms. The van der Waals surface area contributed by atoms with Crippen LogP contribution in [0.3, 0.4) is 0 Å². The summed E-state index contributed by atoms with van der Waals surface area (Å²) in [6.07, 6.45) is 9.90. The number of anilines is 1. The Labute approximate surface area is 119 Å². The van der Waals surface area contributed by atoms with Gasteiger partial charge in [-0.2, -0.15) is 0 Å². The minimum Gasteiger partial charge on any atom is -0.398 e. The number of nitrogens with two attached hydrogens (primary N) is 1. The van der Waals surface area contributed by atoms with Gasteiger partial charge < -0.3 is 10.3 Å². The van der Waals surface area contributed by atoms with Crippen molar-refractivity contribution in [3.05, 3.63) is 31.0 Å². The molecule has 1 aliphatic rings. The van der Waals surface area contributed by atoms with Gasteiger partial charge in [-0.1, -0.05) is 0 Å². The summed E-state index contributed by atoms with van der Waals surface area (Å²) in [6.45, 7) is 3.17. The molecule has 3 rings (SSSR count). The minimum atomic E-state index is 0.480. The molecular formula is C15H21N5. The third-order valence-corrected chi connectivity index (χ3v) is 4.12. The van der Waals surface area contributed by atoms with E-state index in [1.54, 1.807) is 12.4 Å². The van der Waals surface area contributed by atoms with Crippen molar-refractivity contribution in [3.63, 3.8) is 0 Å². The molecule has 0 spiro atoms. The molecule has 0 aliphatic heterocycles. The van der Waals surface area contributed by atoms with Gasteiger partial charge in [-0.05, 0) is 32.9 Å². The van der Waals surface area contributed by atoms with Crippen LogP contribution in [-0.4, -0.2) is 38.6 Å². The first-order valence-electron chi connectivity index (χ1n) is 7.08. The van der Waals surface area contributed by atoms with Crippen LogP contribution in [0.4, 0.5) is 5.69 Å². The molecule has 5 nitrogen and oxygen atoms in total. The summed E-state index contributed by atoms with van der Waals surface area (Å²) >= 11 is 0. The van der Waals surface area contributed by atoms with Crippen molar-refractivity contribution < 1.29 is 0 Å². The summed E-state index contributed by atoms with van der Waals surface area (Å²) in [5.74, 6) is 0. The average molecular weight is 271 g/mol. The lowest BCUT2D eigenvalue weighted by Crippen LogP contribution is -2.34. The highest BCUT2D eigenvalue weighted by molar-refractivity contribution is 5.72. The Morgan fingerprint density at radius 3 is 2.90 bits per heavy atom. The normalized spacial score (nSPS) is 16.6. The van der Waals surface area contributed by atoms with Crippen molar-refractivity contribution in [1.29, 1.82) is 0 Å². The molecule has 0 amide bonds. The summed E-state index contributed by atoms with van der Waals surface area (Å²) in [5.41, 5.74) is 8.76. The van der Waals surface area contributed by atoms with Gasteiger partial charge in [-0.15, -0.1) is 0 Å². The molecular weight excluding hydrogens is 250 g/mol. The highest BCUT2D eigenvalue weighted by Gasteiger charge is 2.29. The van der Waals surface area contributed by atoms with Crippen LogP contribution in [0.25, 0.3) is 11.3 Å². The van der Waals surface area contributed by atoms with Crippen LogP contribution >= 0.6 is 0 Å². The van der Waals surface area contributed by atoms with E-state index in [0.717, 1.165) is 29.5 Å². The topological polar surface area (TPSA) is 60.0 Å². The summed E-state index contributed by atoms with van der Waals surface area (Å²) < 4.78 is 2.16.